The van der Waals surface area contributed by atoms with Crippen LogP contribution in [0.2, 0.25) is 0 Å². The second-order valence-corrected chi connectivity index (χ2v) is 7.42. The fourth-order valence-electron chi connectivity index (χ4n) is 2.63. The summed E-state index contributed by atoms with van der Waals surface area (Å²) < 4.78 is 22.8. The van der Waals surface area contributed by atoms with Crippen LogP contribution in [0.4, 0.5) is 5.69 Å². The number of benzene rings is 2. The van der Waals surface area contributed by atoms with Gasteiger partial charge >= 0.3 is 0 Å². The van der Waals surface area contributed by atoms with Crippen molar-refractivity contribution in [3.05, 3.63) is 53.6 Å². The van der Waals surface area contributed by atoms with E-state index in [-0.39, 0.29) is 6.10 Å². The zero-order chi connectivity index (χ0) is 16.9. The molecule has 2 aromatic rings. The zero-order valence-electron chi connectivity index (χ0n) is 14.1. The molecule has 0 saturated carbocycles. The Kier molecular flexibility index (Phi) is 5.53. The zero-order valence-corrected chi connectivity index (χ0v) is 14.9. The van der Waals surface area contributed by atoms with Crippen molar-refractivity contribution in [3.63, 3.8) is 0 Å². The Hall–Kier alpha value is -1.85. The van der Waals surface area contributed by atoms with Crippen LogP contribution in [0.3, 0.4) is 0 Å². The van der Waals surface area contributed by atoms with Crippen LogP contribution in [0.15, 0.2) is 47.4 Å². The second-order valence-electron chi connectivity index (χ2n) is 6.04. The van der Waals surface area contributed by atoms with E-state index < -0.39 is 10.8 Å². The van der Waals surface area contributed by atoms with E-state index in [1.807, 2.05) is 30.3 Å². The smallest absolute Gasteiger partial charge is 0.124 e. The fourth-order valence-corrected chi connectivity index (χ4v) is 3.14. The highest BCUT2D eigenvalue weighted by Crippen LogP contribution is 2.25. The summed E-state index contributed by atoms with van der Waals surface area (Å²) in [5.41, 5.74) is 3.30. The molecule has 0 bridgehead atoms. The number of rotatable bonds is 6. The van der Waals surface area contributed by atoms with Crippen LogP contribution >= 0.6 is 0 Å². The Bertz CT molecular complexity index is 709. The molecule has 128 valence electrons. The molecule has 3 rings (SSSR count). The number of anilines is 1. The van der Waals surface area contributed by atoms with Crippen molar-refractivity contribution in [1.29, 1.82) is 0 Å². The van der Waals surface area contributed by atoms with E-state index in [4.69, 9.17) is 9.47 Å². The van der Waals surface area contributed by atoms with Crippen molar-refractivity contribution >= 4 is 16.5 Å². The van der Waals surface area contributed by atoms with Crippen molar-refractivity contribution in [2.24, 2.45) is 0 Å². The quantitative estimate of drug-likeness (QED) is 0.870. The molecule has 1 heterocycles. The van der Waals surface area contributed by atoms with Gasteiger partial charge in [0.2, 0.25) is 0 Å². The Morgan fingerprint density at radius 2 is 2.04 bits per heavy atom. The van der Waals surface area contributed by atoms with Gasteiger partial charge in [-0.2, -0.15) is 0 Å². The number of hydrogen-bond donors (Lipinski definition) is 1. The summed E-state index contributed by atoms with van der Waals surface area (Å²) in [6.07, 6.45) is 2.79. The van der Waals surface area contributed by atoms with Gasteiger partial charge in [0.15, 0.2) is 0 Å². The maximum Gasteiger partial charge on any atom is 0.124 e. The molecule has 1 saturated heterocycles. The Balaban J connectivity index is 1.63. The molecule has 2 aromatic carbocycles. The summed E-state index contributed by atoms with van der Waals surface area (Å²) in [4.78, 5) is 0.851. The Morgan fingerprint density at radius 3 is 2.71 bits per heavy atom. The van der Waals surface area contributed by atoms with Crippen molar-refractivity contribution in [2.45, 2.75) is 30.9 Å². The molecule has 0 aliphatic carbocycles. The van der Waals surface area contributed by atoms with E-state index in [0.717, 1.165) is 40.5 Å². The summed E-state index contributed by atoms with van der Waals surface area (Å²) in [5.74, 6) is 0.909. The van der Waals surface area contributed by atoms with Crippen LogP contribution in [-0.2, 0) is 22.1 Å². The van der Waals surface area contributed by atoms with Crippen molar-refractivity contribution in [2.75, 3.05) is 24.8 Å². The van der Waals surface area contributed by atoms with Gasteiger partial charge in [-0.1, -0.05) is 18.2 Å². The minimum absolute atomic E-state index is 0.154. The lowest BCUT2D eigenvalue weighted by Gasteiger charge is -2.16. The molecule has 1 fully saturated rings. The first-order chi connectivity index (χ1) is 11.6. The molecule has 0 amide bonds. The maximum absolute atomic E-state index is 11.4. The molecule has 1 N–H and O–H groups in total. The monoisotopic (exact) mass is 345 g/mol. The lowest BCUT2D eigenvalue weighted by molar-refractivity contribution is 0.141. The number of ether oxygens (including phenoxy) is 2. The summed E-state index contributed by atoms with van der Waals surface area (Å²) >= 11 is 0. The average molecular weight is 345 g/mol. The van der Waals surface area contributed by atoms with Crippen LogP contribution < -0.4 is 10.1 Å². The Labute approximate surface area is 145 Å². The van der Waals surface area contributed by atoms with E-state index in [2.05, 4.69) is 24.4 Å². The van der Waals surface area contributed by atoms with E-state index in [0.29, 0.717) is 13.2 Å². The van der Waals surface area contributed by atoms with Gasteiger partial charge in [0, 0.05) is 46.7 Å². The minimum Gasteiger partial charge on any atom is -0.488 e. The van der Waals surface area contributed by atoms with Gasteiger partial charge in [-0.25, -0.2) is 0 Å². The highest BCUT2D eigenvalue weighted by molar-refractivity contribution is 7.84. The van der Waals surface area contributed by atoms with E-state index >= 15 is 0 Å². The molecule has 4 nitrogen and oxygen atoms in total. The highest BCUT2D eigenvalue weighted by Gasteiger charge is 2.18. The van der Waals surface area contributed by atoms with Gasteiger partial charge in [0.25, 0.3) is 0 Å². The normalized spacial score (nSPS) is 18.3. The molecule has 24 heavy (non-hydrogen) atoms. The first-order valence-electron chi connectivity index (χ1n) is 8.13. The van der Waals surface area contributed by atoms with Crippen LogP contribution in [-0.4, -0.2) is 29.8 Å². The predicted molar refractivity (Wildman–Crippen MR) is 97.1 cm³/mol. The van der Waals surface area contributed by atoms with Crippen LogP contribution in [0, 0.1) is 6.92 Å². The topological polar surface area (TPSA) is 47.6 Å². The summed E-state index contributed by atoms with van der Waals surface area (Å²) in [6.45, 7) is 4.21. The van der Waals surface area contributed by atoms with Crippen molar-refractivity contribution in [3.8, 4) is 5.75 Å². The second kappa shape index (κ2) is 7.81. The molecule has 1 aliphatic rings. The molecular weight excluding hydrogens is 322 g/mol. The van der Waals surface area contributed by atoms with Gasteiger partial charge in [-0.3, -0.25) is 4.21 Å². The third-order valence-electron chi connectivity index (χ3n) is 4.12. The van der Waals surface area contributed by atoms with Gasteiger partial charge in [0.1, 0.15) is 11.9 Å². The molecule has 0 aromatic heterocycles. The fraction of sp³-hybridized carbons (Fsp3) is 0.368. The number of aryl methyl sites for hydroxylation is 1. The lowest BCUT2D eigenvalue weighted by atomic mass is 10.2. The molecule has 1 aliphatic heterocycles. The minimum atomic E-state index is -0.933. The van der Waals surface area contributed by atoms with E-state index in [9.17, 15) is 4.21 Å². The number of hydrogen-bond acceptors (Lipinski definition) is 4. The van der Waals surface area contributed by atoms with Gasteiger partial charge in [0.05, 0.1) is 13.2 Å². The van der Waals surface area contributed by atoms with Crippen LogP contribution in [0.1, 0.15) is 17.5 Å². The number of nitrogens with one attached hydrogen (secondary N) is 1. The largest absolute Gasteiger partial charge is 0.488 e. The molecular formula is C19H23NO3S. The standard InChI is InChI=1S/C19H23NO3S/c1-14-3-6-16(11-19(14)23-17-9-10-22-13-17)20-12-15-4-7-18(8-5-15)24(2)21/h3-8,11,17,20H,9-10,12-13H2,1-2H3/t17-,24-/m1/s1. The van der Waals surface area contributed by atoms with Crippen molar-refractivity contribution < 1.29 is 13.7 Å². The Morgan fingerprint density at radius 1 is 1.25 bits per heavy atom. The van der Waals surface area contributed by atoms with E-state index in [1.165, 1.54) is 0 Å². The third-order valence-corrected chi connectivity index (χ3v) is 5.06. The van der Waals surface area contributed by atoms with Gasteiger partial charge in [-0.15, -0.1) is 0 Å². The third kappa shape index (κ3) is 4.36. The van der Waals surface area contributed by atoms with Crippen LogP contribution in [0.5, 0.6) is 5.75 Å². The molecule has 2 atom stereocenters. The average Bonchev–Trinajstić information content (AvgIpc) is 3.09. The predicted octanol–water partition coefficient (Wildman–Crippen LogP) is 3.51. The summed E-state index contributed by atoms with van der Waals surface area (Å²) in [5, 5.41) is 3.42. The first-order valence-corrected chi connectivity index (χ1v) is 9.69. The molecule has 0 spiro atoms. The summed E-state index contributed by atoms with van der Waals surface area (Å²) in [7, 11) is -0.933. The van der Waals surface area contributed by atoms with Gasteiger partial charge < -0.3 is 14.8 Å². The highest BCUT2D eigenvalue weighted by atomic mass is 32.2. The maximum atomic E-state index is 11.4. The van der Waals surface area contributed by atoms with Gasteiger partial charge in [-0.05, 0) is 36.2 Å². The van der Waals surface area contributed by atoms with Crippen molar-refractivity contribution in [1.82, 2.24) is 0 Å². The first kappa shape index (κ1) is 17.0. The molecule has 0 radical (unpaired) electrons. The molecule has 0 unspecified atom stereocenters. The van der Waals surface area contributed by atoms with E-state index in [1.54, 1.807) is 6.26 Å². The lowest BCUT2D eigenvalue weighted by Crippen LogP contribution is -2.16. The van der Waals surface area contributed by atoms with Crippen LogP contribution in [0.25, 0.3) is 0 Å². The SMILES string of the molecule is Cc1ccc(NCc2ccc([S@@](C)=O)cc2)cc1O[C@@H]1CCOC1. The summed E-state index contributed by atoms with van der Waals surface area (Å²) in [6, 6.07) is 14.0. The molecule has 5 heteroatoms.